The minimum atomic E-state index is -3.38. The van der Waals surface area contributed by atoms with Crippen LogP contribution in [-0.2, 0) is 23.6 Å². The molecule has 0 amide bonds. The Hall–Kier alpha value is -0.850. The Morgan fingerprint density at radius 2 is 2.11 bits per heavy atom. The van der Waals surface area contributed by atoms with Crippen LogP contribution in [0.4, 0.5) is 0 Å². The van der Waals surface area contributed by atoms with Gasteiger partial charge in [-0.3, -0.25) is 0 Å². The van der Waals surface area contributed by atoms with Crippen molar-refractivity contribution in [1.29, 1.82) is 0 Å². The van der Waals surface area contributed by atoms with Crippen LogP contribution in [0, 0.1) is 0 Å². The van der Waals surface area contributed by atoms with Gasteiger partial charge in [-0.25, -0.2) is 8.42 Å². The third kappa shape index (κ3) is 3.19. The van der Waals surface area contributed by atoms with Gasteiger partial charge in [0.25, 0.3) is 0 Å². The molecular formula is C13H23N3O2S. The molecule has 5 nitrogen and oxygen atoms in total. The van der Waals surface area contributed by atoms with E-state index in [1.165, 1.54) is 17.1 Å². The highest BCUT2D eigenvalue weighted by atomic mass is 32.2. The molecular weight excluding hydrogens is 262 g/mol. The minimum absolute atomic E-state index is 0.0433. The summed E-state index contributed by atoms with van der Waals surface area (Å²) in [5, 5.41) is 3.40. The Kier molecular flexibility index (Phi) is 4.03. The first-order valence-electron chi connectivity index (χ1n) is 6.69. The molecule has 1 heterocycles. The third-order valence-corrected chi connectivity index (χ3v) is 5.64. The molecule has 2 rings (SSSR count). The second-order valence-corrected chi connectivity index (χ2v) is 7.55. The van der Waals surface area contributed by atoms with Gasteiger partial charge in [0.15, 0.2) is 0 Å². The van der Waals surface area contributed by atoms with Crippen LogP contribution in [-0.4, -0.2) is 36.4 Å². The van der Waals surface area contributed by atoms with Crippen molar-refractivity contribution in [2.75, 3.05) is 7.05 Å². The molecule has 1 aliphatic rings. The van der Waals surface area contributed by atoms with Gasteiger partial charge >= 0.3 is 0 Å². The zero-order valence-electron chi connectivity index (χ0n) is 12.0. The lowest BCUT2D eigenvalue weighted by Crippen LogP contribution is -2.32. The van der Waals surface area contributed by atoms with E-state index in [1.54, 1.807) is 19.3 Å². The summed E-state index contributed by atoms with van der Waals surface area (Å²) in [6.07, 6.45) is 4.15. The average Bonchev–Trinajstić information content (AvgIpc) is 3.08. The van der Waals surface area contributed by atoms with Gasteiger partial charge in [-0.05, 0) is 32.8 Å². The summed E-state index contributed by atoms with van der Waals surface area (Å²) in [5.74, 6) is 0. The van der Waals surface area contributed by atoms with E-state index in [4.69, 9.17) is 0 Å². The number of nitrogens with zero attached hydrogens (tertiary/aromatic N) is 2. The van der Waals surface area contributed by atoms with Crippen LogP contribution < -0.4 is 5.32 Å². The van der Waals surface area contributed by atoms with E-state index in [0.717, 1.165) is 12.2 Å². The average molecular weight is 285 g/mol. The van der Waals surface area contributed by atoms with Crippen LogP contribution in [0.1, 0.15) is 32.4 Å². The number of hydrogen-bond acceptors (Lipinski definition) is 3. The molecule has 1 saturated carbocycles. The van der Waals surface area contributed by atoms with Crippen molar-refractivity contribution in [3.8, 4) is 0 Å². The fraction of sp³-hybridized carbons (Fsp3) is 0.692. The Morgan fingerprint density at radius 3 is 2.63 bits per heavy atom. The van der Waals surface area contributed by atoms with Gasteiger partial charge in [0.05, 0.1) is 0 Å². The molecule has 0 aliphatic heterocycles. The van der Waals surface area contributed by atoms with E-state index in [1.807, 2.05) is 25.5 Å². The van der Waals surface area contributed by atoms with Crippen LogP contribution in [0.3, 0.4) is 0 Å². The summed E-state index contributed by atoms with van der Waals surface area (Å²) in [5.41, 5.74) is 1.00. The van der Waals surface area contributed by atoms with E-state index in [2.05, 4.69) is 5.32 Å². The third-order valence-electron chi connectivity index (χ3n) is 3.64. The summed E-state index contributed by atoms with van der Waals surface area (Å²) >= 11 is 0. The molecule has 1 aromatic heterocycles. The standard InChI is InChI=1S/C13H23N3O2S/c1-10(2)16(4)19(17,18)13-7-12(15(3)9-13)8-14-11-5-6-11/h7,9-11,14H,5-6,8H2,1-4H3. The Labute approximate surface area is 115 Å². The van der Waals surface area contributed by atoms with Crippen molar-refractivity contribution < 1.29 is 8.42 Å². The second-order valence-electron chi connectivity index (χ2n) is 5.55. The molecule has 1 fully saturated rings. The number of aryl methyl sites for hydroxylation is 1. The lowest BCUT2D eigenvalue weighted by atomic mass is 10.4. The second kappa shape index (κ2) is 5.26. The monoisotopic (exact) mass is 285 g/mol. The zero-order valence-corrected chi connectivity index (χ0v) is 12.9. The van der Waals surface area contributed by atoms with Gasteiger partial charge in [-0.15, -0.1) is 0 Å². The molecule has 1 N–H and O–H groups in total. The van der Waals surface area contributed by atoms with Crippen LogP contribution in [0.25, 0.3) is 0 Å². The highest BCUT2D eigenvalue weighted by Gasteiger charge is 2.26. The van der Waals surface area contributed by atoms with Gasteiger partial charge in [0.1, 0.15) is 4.90 Å². The molecule has 0 aromatic carbocycles. The summed E-state index contributed by atoms with van der Waals surface area (Å²) in [7, 11) is 0.129. The summed E-state index contributed by atoms with van der Waals surface area (Å²) < 4.78 is 28.1. The van der Waals surface area contributed by atoms with Crippen LogP contribution in [0.2, 0.25) is 0 Å². The number of aromatic nitrogens is 1. The van der Waals surface area contributed by atoms with Crippen LogP contribution in [0.5, 0.6) is 0 Å². The maximum atomic E-state index is 12.4. The lowest BCUT2D eigenvalue weighted by Gasteiger charge is -2.19. The fourth-order valence-corrected chi connectivity index (χ4v) is 3.34. The van der Waals surface area contributed by atoms with Crippen molar-refractivity contribution in [2.45, 2.75) is 50.2 Å². The number of sulfonamides is 1. The van der Waals surface area contributed by atoms with Gasteiger partial charge in [-0.1, -0.05) is 0 Å². The first-order valence-corrected chi connectivity index (χ1v) is 8.13. The van der Waals surface area contributed by atoms with Crippen molar-refractivity contribution in [3.05, 3.63) is 18.0 Å². The smallest absolute Gasteiger partial charge is 0.244 e. The maximum Gasteiger partial charge on any atom is 0.244 e. The number of nitrogens with one attached hydrogen (secondary N) is 1. The lowest BCUT2D eigenvalue weighted by molar-refractivity contribution is 0.410. The maximum absolute atomic E-state index is 12.4. The van der Waals surface area contributed by atoms with Crippen molar-refractivity contribution >= 4 is 10.0 Å². The van der Waals surface area contributed by atoms with Crippen molar-refractivity contribution in [3.63, 3.8) is 0 Å². The van der Waals surface area contributed by atoms with Gasteiger partial charge in [0, 0.05) is 44.6 Å². The van der Waals surface area contributed by atoms with E-state index < -0.39 is 10.0 Å². The predicted octanol–water partition coefficient (Wildman–Crippen LogP) is 1.31. The van der Waals surface area contributed by atoms with Crippen LogP contribution in [0.15, 0.2) is 17.2 Å². The molecule has 108 valence electrons. The molecule has 0 radical (unpaired) electrons. The molecule has 0 spiro atoms. The van der Waals surface area contributed by atoms with Gasteiger partial charge < -0.3 is 9.88 Å². The summed E-state index contributed by atoms with van der Waals surface area (Å²) in [6, 6.07) is 2.34. The van der Waals surface area contributed by atoms with Crippen molar-refractivity contribution in [1.82, 2.24) is 14.2 Å². The van der Waals surface area contributed by atoms with E-state index in [0.29, 0.717) is 10.9 Å². The summed E-state index contributed by atoms with van der Waals surface area (Å²) in [4.78, 5) is 0.374. The Balaban J connectivity index is 2.18. The number of hydrogen-bond donors (Lipinski definition) is 1. The molecule has 1 aromatic rings. The highest BCUT2D eigenvalue weighted by Crippen LogP contribution is 2.22. The fourth-order valence-electron chi connectivity index (χ4n) is 1.87. The van der Waals surface area contributed by atoms with E-state index in [9.17, 15) is 8.42 Å². The highest BCUT2D eigenvalue weighted by molar-refractivity contribution is 7.89. The van der Waals surface area contributed by atoms with Crippen molar-refractivity contribution in [2.24, 2.45) is 7.05 Å². The zero-order chi connectivity index (χ0) is 14.2. The Morgan fingerprint density at radius 1 is 1.47 bits per heavy atom. The first-order chi connectivity index (χ1) is 8.82. The predicted molar refractivity (Wildman–Crippen MR) is 75.4 cm³/mol. The van der Waals surface area contributed by atoms with Crippen LogP contribution >= 0.6 is 0 Å². The van der Waals surface area contributed by atoms with E-state index in [-0.39, 0.29) is 6.04 Å². The molecule has 0 bridgehead atoms. The minimum Gasteiger partial charge on any atom is -0.352 e. The van der Waals surface area contributed by atoms with Gasteiger partial charge in [0.2, 0.25) is 10.0 Å². The SMILES string of the molecule is CC(C)N(C)S(=O)(=O)c1cc(CNC2CC2)n(C)c1. The molecule has 0 atom stereocenters. The number of rotatable bonds is 6. The molecule has 1 aliphatic carbocycles. The molecule has 6 heteroatoms. The molecule has 0 saturated heterocycles. The molecule has 19 heavy (non-hydrogen) atoms. The summed E-state index contributed by atoms with van der Waals surface area (Å²) in [6.45, 7) is 4.47. The van der Waals surface area contributed by atoms with E-state index >= 15 is 0 Å². The van der Waals surface area contributed by atoms with Gasteiger partial charge in [-0.2, -0.15) is 4.31 Å². The Bertz CT molecular complexity index is 544. The topological polar surface area (TPSA) is 54.3 Å². The normalized spacial score (nSPS) is 16.5. The largest absolute Gasteiger partial charge is 0.352 e. The first kappa shape index (κ1) is 14.6. The molecule has 0 unspecified atom stereocenters. The quantitative estimate of drug-likeness (QED) is 0.857.